The van der Waals surface area contributed by atoms with Gasteiger partial charge in [0.2, 0.25) is 0 Å². The van der Waals surface area contributed by atoms with E-state index in [4.69, 9.17) is 4.74 Å². The summed E-state index contributed by atoms with van der Waals surface area (Å²) >= 11 is 0. The Morgan fingerprint density at radius 2 is 1.48 bits per heavy atom. The average molecular weight is 308 g/mol. The summed E-state index contributed by atoms with van der Waals surface area (Å²) in [5, 5.41) is 3.20. The predicted octanol–water partition coefficient (Wildman–Crippen LogP) is 4.97. The van der Waals surface area contributed by atoms with Gasteiger partial charge in [-0.3, -0.25) is 4.90 Å². The van der Waals surface area contributed by atoms with Gasteiger partial charge in [0.25, 0.3) is 0 Å². The third-order valence-electron chi connectivity index (χ3n) is 4.57. The lowest BCUT2D eigenvalue weighted by atomic mass is 9.96. The second-order valence-corrected chi connectivity index (χ2v) is 6.16. The number of rotatable bonds is 1. The highest BCUT2D eigenvalue weighted by atomic mass is 16.5. The Hall–Kier alpha value is -2.49. The van der Waals surface area contributed by atoms with Crippen LogP contribution >= 0.6 is 0 Å². The second-order valence-electron chi connectivity index (χ2n) is 6.16. The zero-order valence-electron chi connectivity index (χ0n) is 13.0. The van der Waals surface area contributed by atoms with E-state index in [1.165, 1.54) is 19.3 Å². The monoisotopic (exact) mass is 308 g/mol. The third kappa shape index (κ3) is 2.65. The largest absolute Gasteiger partial charge is 0.453 e. The number of ether oxygens (including phenoxy) is 1. The molecule has 0 spiro atoms. The molecule has 1 aliphatic carbocycles. The maximum Gasteiger partial charge on any atom is 0.326 e. The molecule has 2 aromatic carbocycles. The fraction of sp³-hybridized carbons (Fsp3) is 0.316. The zero-order valence-corrected chi connectivity index (χ0v) is 13.0. The van der Waals surface area contributed by atoms with Crippen molar-refractivity contribution < 1.29 is 9.53 Å². The van der Waals surface area contributed by atoms with Gasteiger partial charge in [-0.1, -0.05) is 43.5 Å². The Morgan fingerprint density at radius 1 is 0.913 bits per heavy atom. The zero-order chi connectivity index (χ0) is 15.6. The molecule has 1 N–H and O–H groups in total. The number of anilines is 2. The molecule has 0 unspecified atom stereocenters. The van der Waals surface area contributed by atoms with Crippen LogP contribution in [-0.2, 0) is 0 Å². The third-order valence-corrected chi connectivity index (χ3v) is 4.57. The molecule has 2 aromatic rings. The predicted molar refractivity (Wildman–Crippen MR) is 90.5 cm³/mol. The molecule has 1 fully saturated rings. The first kappa shape index (κ1) is 14.1. The van der Waals surface area contributed by atoms with Gasteiger partial charge in [-0.15, -0.1) is 0 Å². The van der Waals surface area contributed by atoms with E-state index < -0.39 is 0 Å². The highest BCUT2D eigenvalue weighted by Crippen LogP contribution is 2.46. The van der Waals surface area contributed by atoms with Crippen LogP contribution in [0.15, 0.2) is 48.5 Å². The van der Waals surface area contributed by atoms with Gasteiger partial charge >= 0.3 is 6.03 Å². The van der Waals surface area contributed by atoms with Gasteiger partial charge in [0.05, 0.1) is 11.4 Å². The molecule has 2 amide bonds. The van der Waals surface area contributed by atoms with Gasteiger partial charge in [0.15, 0.2) is 11.5 Å². The van der Waals surface area contributed by atoms with Crippen molar-refractivity contribution in [1.29, 1.82) is 0 Å². The van der Waals surface area contributed by atoms with Gasteiger partial charge in [-0.05, 0) is 37.1 Å². The number of benzene rings is 2. The summed E-state index contributed by atoms with van der Waals surface area (Å²) in [6.07, 6.45) is 5.80. The first-order valence-electron chi connectivity index (χ1n) is 8.29. The molecule has 0 saturated heterocycles. The number of nitrogens with zero attached hydrogens (tertiary/aromatic N) is 1. The molecule has 0 radical (unpaired) electrons. The van der Waals surface area contributed by atoms with Crippen molar-refractivity contribution in [3.05, 3.63) is 48.5 Å². The van der Waals surface area contributed by atoms with Crippen molar-refractivity contribution in [1.82, 2.24) is 5.32 Å². The smallest absolute Gasteiger partial charge is 0.326 e. The number of carbonyl (C=O) groups is 1. The summed E-state index contributed by atoms with van der Waals surface area (Å²) in [6.45, 7) is 0. The minimum atomic E-state index is -0.0694. The quantitative estimate of drug-likeness (QED) is 0.808. The molecule has 4 heteroatoms. The molecule has 0 bridgehead atoms. The molecule has 4 rings (SSSR count). The number of para-hydroxylation sites is 4. The van der Waals surface area contributed by atoms with Gasteiger partial charge < -0.3 is 10.1 Å². The van der Waals surface area contributed by atoms with Crippen molar-refractivity contribution in [2.45, 2.75) is 38.1 Å². The van der Waals surface area contributed by atoms with Crippen LogP contribution in [0.4, 0.5) is 16.2 Å². The van der Waals surface area contributed by atoms with Crippen LogP contribution in [0.1, 0.15) is 32.1 Å². The topological polar surface area (TPSA) is 41.6 Å². The lowest BCUT2D eigenvalue weighted by Gasteiger charge is -2.33. The fourth-order valence-electron chi connectivity index (χ4n) is 3.41. The number of hydrogen-bond acceptors (Lipinski definition) is 2. The van der Waals surface area contributed by atoms with E-state index in [1.807, 2.05) is 48.5 Å². The van der Waals surface area contributed by atoms with Crippen molar-refractivity contribution in [3.63, 3.8) is 0 Å². The van der Waals surface area contributed by atoms with E-state index in [9.17, 15) is 4.79 Å². The van der Waals surface area contributed by atoms with Crippen molar-refractivity contribution in [2.24, 2.45) is 0 Å². The summed E-state index contributed by atoms with van der Waals surface area (Å²) in [6, 6.07) is 15.5. The van der Waals surface area contributed by atoms with E-state index in [0.717, 1.165) is 24.2 Å². The number of fused-ring (bicyclic) bond motifs is 2. The number of urea groups is 1. The number of hydrogen-bond donors (Lipinski definition) is 1. The molecule has 0 aromatic heterocycles. The van der Waals surface area contributed by atoms with Gasteiger partial charge in [0, 0.05) is 6.04 Å². The van der Waals surface area contributed by atoms with Crippen molar-refractivity contribution in [2.75, 3.05) is 4.90 Å². The molecule has 0 atom stereocenters. The number of carbonyl (C=O) groups excluding carboxylic acids is 1. The molecule has 4 nitrogen and oxygen atoms in total. The summed E-state index contributed by atoms with van der Waals surface area (Å²) < 4.78 is 5.93. The first-order valence-corrected chi connectivity index (χ1v) is 8.29. The highest BCUT2D eigenvalue weighted by Gasteiger charge is 2.30. The molecule has 1 aliphatic heterocycles. The fourth-order valence-corrected chi connectivity index (χ4v) is 3.41. The van der Waals surface area contributed by atoms with Crippen LogP contribution in [0, 0.1) is 0 Å². The maximum absolute atomic E-state index is 13.0. The Balaban J connectivity index is 1.67. The molecule has 1 saturated carbocycles. The molecular weight excluding hydrogens is 288 g/mol. The summed E-state index contributed by atoms with van der Waals surface area (Å²) in [4.78, 5) is 14.7. The standard InChI is InChI=1S/C19H20N2O2/c22-19(20-14-8-2-1-3-9-14)21-15-10-4-6-12-17(15)23-18-13-7-5-11-16(18)21/h4-7,10-14H,1-3,8-9H2,(H,20,22). The summed E-state index contributed by atoms with van der Waals surface area (Å²) in [7, 11) is 0. The minimum absolute atomic E-state index is 0.0694. The van der Waals surface area contributed by atoms with E-state index >= 15 is 0 Å². The average Bonchev–Trinajstić information content (AvgIpc) is 2.60. The van der Waals surface area contributed by atoms with Crippen LogP contribution in [0.3, 0.4) is 0 Å². The number of amides is 2. The number of nitrogens with one attached hydrogen (secondary N) is 1. The molecular formula is C19H20N2O2. The van der Waals surface area contributed by atoms with Gasteiger partial charge in [-0.2, -0.15) is 0 Å². The minimum Gasteiger partial charge on any atom is -0.453 e. The first-order chi connectivity index (χ1) is 11.3. The van der Waals surface area contributed by atoms with E-state index in [-0.39, 0.29) is 12.1 Å². The van der Waals surface area contributed by atoms with Crippen LogP contribution in [0.5, 0.6) is 11.5 Å². The van der Waals surface area contributed by atoms with Crippen LogP contribution in [0.2, 0.25) is 0 Å². The Bertz CT molecular complexity index is 677. The highest BCUT2D eigenvalue weighted by molar-refractivity contribution is 6.03. The lowest BCUT2D eigenvalue weighted by molar-refractivity contribution is 0.240. The van der Waals surface area contributed by atoms with E-state index in [0.29, 0.717) is 11.5 Å². The Labute approximate surface area is 136 Å². The lowest BCUT2D eigenvalue weighted by Crippen LogP contribution is -2.44. The van der Waals surface area contributed by atoms with Crippen molar-refractivity contribution in [3.8, 4) is 11.5 Å². The van der Waals surface area contributed by atoms with Crippen molar-refractivity contribution >= 4 is 17.4 Å². The van der Waals surface area contributed by atoms with E-state index in [2.05, 4.69) is 5.32 Å². The van der Waals surface area contributed by atoms with Crippen LogP contribution in [-0.4, -0.2) is 12.1 Å². The van der Waals surface area contributed by atoms with E-state index in [1.54, 1.807) is 4.90 Å². The molecule has 118 valence electrons. The normalized spacial score (nSPS) is 17.0. The Kier molecular flexibility index (Phi) is 3.66. The second kappa shape index (κ2) is 5.95. The summed E-state index contributed by atoms with van der Waals surface area (Å²) in [5.74, 6) is 1.43. The molecule has 23 heavy (non-hydrogen) atoms. The van der Waals surface area contributed by atoms with Crippen LogP contribution < -0.4 is 15.0 Å². The van der Waals surface area contributed by atoms with Gasteiger partial charge in [-0.25, -0.2) is 4.79 Å². The Morgan fingerprint density at radius 3 is 2.09 bits per heavy atom. The molecule has 1 heterocycles. The maximum atomic E-state index is 13.0. The summed E-state index contributed by atoms with van der Waals surface area (Å²) in [5.41, 5.74) is 1.58. The van der Waals surface area contributed by atoms with Crippen LogP contribution in [0.25, 0.3) is 0 Å². The SMILES string of the molecule is O=C(NC1CCCCC1)N1c2ccccc2Oc2ccccc21. The molecule has 2 aliphatic rings. The van der Waals surface area contributed by atoms with Gasteiger partial charge in [0.1, 0.15) is 0 Å².